The molecule has 0 aromatic heterocycles. The van der Waals surface area contributed by atoms with Gasteiger partial charge in [-0.15, -0.1) is 0 Å². The Balaban J connectivity index is 2.18. The lowest BCUT2D eigenvalue weighted by molar-refractivity contribution is -0.148. The molecule has 17 heavy (non-hydrogen) atoms. The minimum atomic E-state index is -0.643. The molecule has 0 spiro atoms. The normalized spacial score (nSPS) is 15.9. The summed E-state index contributed by atoms with van der Waals surface area (Å²) in [5, 5.41) is 21.3. The van der Waals surface area contributed by atoms with E-state index in [-0.39, 0.29) is 18.0 Å². The van der Waals surface area contributed by atoms with E-state index < -0.39 is 11.8 Å². The van der Waals surface area contributed by atoms with Gasteiger partial charge in [0, 0.05) is 25.2 Å². The fourth-order valence-electron chi connectivity index (χ4n) is 1.69. The summed E-state index contributed by atoms with van der Waals surface area (Å²) in [6.07, 6.45) is 0. The third-order valence-electron chi connectivity index (χ3n) is 2.61. The molecule has 2 rings (SSSR count). The molecule has 6 heteroatoms. The number of nitrogens with zero attached hydrogens (tertiary/aromatic N) is 1. The van der Waals surface area contributed by atoms with E-state index >= 15 is 0 Å². The number of phenolic OH excluding ortho intramolecular Hbond substituents is 2. The molecule has 1 fully saturated rings. The first-order valence-electron chi connectivity index (χ1n) is 5.16. The number of phenols is 2. The van der Waals surface area contributed by atoms with Crippen molar-refractivity contribution in [1.29, 1.82) is 0 Å². The molecule has 90 valence electrons. The van der Waals surface area contributed by atoms with E-state index in [1.807, 2.05) is 0 Å². The van der Waals surface area contributed by atoms with E-state index in [0.717, 1.165) is 0 Å². The Morgan fingerprint density at radius 1 is 1.29 bits per heavy atom. The van der Waals surface area contributed by atoms with Crippen molar-refractivity contribution in [1.82, 2.24) is 10.2 Å². The number of carbonyl (C=O) groups excluding carboxylic acids is 2. The van der Waals surface area contributed by atoms with Crippen LogP contribution in [0.5, 0.6) is 11.5 Å². The molecular formula is C11H12N2O4. The van der Waals surface area contributed by atoms with Gasteiger partial charge in [0.2, 0.25) is 0 Å². The van der Waals surface area contributed by atoms with Gasteiger partial charge in [-0.2, -0.15) is 0 Å². The maximum atomic E-state index is 11.5. The summed E-state index contributed by atoms with van der Waals surface area (Å²) in [5.41, 5.74) is 0.410. The van der Waals surface area contributed by atoms with Crippen LogP contribution in [-0.2, 0) is 16.1 Å². The maximum Gasteiger partial charge on any atom is 0.312 e. The summed E-state index contributed by atoms with van der Waals surface area (Å²) in [5.74, 6) is -1.77. The van der Waals surface area contributed by atoms with Crippen LogP contribution in [0.15, 0.2) is 18.2 Å². The Labute approximate surface area is 97.5 Å². The zero-order valence-electron chi connectivity index (χ0n) is 9.01. The molecule has 3 N–H and O–H groups in total. The number of benzene rings is 1. The number of para-hydroxylation sites is 1. The number of rotatable bonds is 2. The Morgan fingerprint density at radius 2 is 2.06 bits per heavy atom. The minimum Gasteiger partial charge on any atom is -0.504 e. The summed E-state index contributed by atoms with van der Waals surface area (Å²) in [6.45, 7) is 0.885. The number of hydrogen-bond acceptors (Lipinski definition) is 4. The van der Waals surface area contributed by atoms with Gasteiger partial charge >= 0.3 is 11.8 Å². The van der Waals surface area contributed by atoms with Crippen LogP contribution < -0.4 is 5.32 Å². The van der Waals surface area contributed by atoms with Crippen molar-refractivity contribution in [3.8, 4) is 11.5 Å². The Hall–Kier alpha value is -2.24. The van der Waals surface area contributed by atoms with Crippen molar-refractivity contribution in [2.45, 2.75) is 6.54 Å². The van der Waals surface area contributed by atoms with Gasteiger partial charge in [-0.05, 0) is 6.07 Å². The lowest BCUT2D eigenvalue weighted by atomic mass is 10.1. The number of piperazine rings is 1. The van der Waals surface area contributed by atoms with Gasteiger partial charge in [-0.25, -0.2) is 0 Å². The molecule has 0 bridgehead atoms. The number of amides is 2. The molecule has 0 saturated carbocycles. The van der Waals surface area contributed by atoms with Crippen LogP contribution in [0.4, 0.5) is 0 Å². The lowest BCUT2D eigenvalue weighted by Gasteiger charge is -2.26. The van der Waals surface area contributed by atoms with Crippen LogP contribution in [0.1, 0.15) is 5.56 Å². The molecule has 6 nitrogen and oxygen atoms in total. The van der Waals surface area contributed by atoms with Gasteiger partial charge in [0.15, 0.2) is 11.5 Å². The van der Waals surface area contributed by atoms with E-state index in [0.29, 0.717) is 18.7 Å². The van der Waals surface area contributed by atoms with Crippen LogP contribution in [0.25, 0.3) is 0 Å². The summed E-state index contributed by atoms with van der Waals surface area (Å²) >= 11 is 0. The molecule has 1 heterocycles. The minimum absolute atomic E-state index is 0.104. The zero-order valence-corrected chi connectivity index (χ0v) is 9.01. The SMILES string of the molecule is O=C1NCCN(Cc2cccc(O)c2O)C1=O. The Bertz CT molecular complexity index is 473. The number of nitrogens with one attached hydrogen (secondary N) is 1. The van der Waals surface area contributed by atoms with Crippen molar-refractivity contribution < 1.29 is 19.8 Å². The third kappa shape index (κ3) is 2.15. The molecule has 0 radical (unpaired) electrons. The summed E-state index contributed by atoms with van der Waals surface area (Å²) < 4.78 is 0. The van der Waals surface area contributed by atoms with Crippen LogP contribution in [0, 0.1) is 0 Å². The van der Waals surface area contributed by atoms with Crippen molar-refractivity contribution in [2.24, 2.45) is 0 Å². The fraction of sp³-hybridized carbons (Fsp3) is 0.273. The van der Waals surface area contributed by atoms with Gasteiger partial charge < -0.3 is 20.4 Å². The highest BCUT2D eigenvalue weighted by Gasteiger charge is 2.26. The molecule has 2 amide bonds. The zero-order chi connectivity index (χ0) is 12.4. The van der Waals surface area contributed by atoms with Crippen LogP contribution >= 0.6 is 0 Å². The Morgan fingerprint density at radius 3 is 2.82 bits per heavy atom. The second-order valence-corrected chi connectivity index (χ2v) is 3.77. The van der Waals surface area contributed by atoms with E-state index in [1.54, 1.807) is 12.1 Å². The first-order chi connectivity index (χ1) is 8.09. The average molecular weight is 236 g/mol. The molecule has 0 unspecified atom stereocenters. The van der Waals surface area contributed by atoms with E-state index in [4.69, 9.17) is 0 Å². The van der Waals surface area contributed by atoms with Crippen molar-refractivity contribution in [2.75, 3.05) is 13.1 Å². The lowest BCUT2D eigenvalue weighted by Crippen LogP contribution is -2.51. The third-order valence-corrected chi connectivity index (χ3v) is 2.61. The molecule has 1 aromatic rings. The molecule has 1 aromatic carbocycles. The smallest absolute Gasteiger partial charge is 0.312 e. The standard InChI is InChI=1S/C11H12N2O4/c14-8-3-1-2-7(9(8)15)6-13-5-4-12-10(16)11(13)17/h1-3,14-15H,4-6H2,(H,12,16). The fourth-order valence-corrected chi connectivity index (χ4v) is 1.69. The monoisotopic (exact) mass is 236 g/mol. The van der Waals surface area contributed by atoms with Gasteiger partial charge in [0.25, 0.3) is 0 Å². The number of carbonyl (C=O) groups is 2. The van der Waals surface area contributed by atoms with Gasteiger partial charge in [-0.1, -0.05) is 12.1 Å². The first kappa shape index (κ1) is 11.3. The second kappa shape index (κ2) is 4.32. The summed E-state index contributed by atoms with van der Waals surface area (Å²) in [6, 6.07) is 4.51. The molecule has 0 aliphatic carbocycles. The second-order valence-electron chi connectivity index (χ2n) is 3.77. The van der Waals surface area contributed by atoms with Gasteiger partial charge in [-0.3, -0.25) is 9.59 Å². The highest BCUT2D eigenvalue weighted by molar-refractivity contribution is 6.35. The quantitative estimate of drug-likeness (QED) is 0.479. The first-order valence-corrected chi connectivity index (χ1v) is 5.16. The van der Waals surface area contributed by atoms with E-state index in [9.17, 15) is 19.8 Å². The Kier molecular flexibility index (Phi) is 2.86. The van der Waals surface area contributed by atoms with Crippen molar-refractivity contribution in [3.05, 3.63) is 23.8 Å². The molecule has 1 aliphatic rings. The molecule has 1 saturated heterocycles. The summed E-state index contributed by atoms with van der Waals surface area (Å²) in [4.78, 5) is 24.0. The molecular weight excluding hydrogens is 224 g/mol. The van der Waals surface area contributed by atoms with E-state index in [2.05, 4.69) is 5.32 Å². The van der Waals surface area contributed by atoms with Crippen molar-refractivity contribution >= 4 is 11.8 Å². The highest BCUT2D eigenvalue weighted by Crippen LogP contribution is 2.29. The highest BCUT2D eigenvalue weighted by atomic mass is 16.3. The molecule has 1 aliphatic heterocycles. The number of aromatic hydroxyl groups is 2. The van der Waals surface area contributed by atoms with Crippen LogP contribution in [-0.4, -0.2) is 40.0 Å². The van der Waals surface area contributed by atoms with Crippen LogP contribution in [0.3, 0.4) is 0 Å². The largest absolute Gasteiger partial charge is 0.504 e. The van der Waals surface area contributed by atoms with Crippen molar-refractivity contribution in [3.63, 3.8) is 0 Å². The predicted octanol–water partition coefficient (Wildman–Crippen LogP) is -0.444. The average Bonchev–Trinajstić information content (AvgIpc) is 2.31. The predicted molar refractivity (Wildman–Crippen MR) is 58.2 cm³/mol. The van der Waals surface area contributed by atoms with Crippen LogP contribution in [0.2, 0.25) is 0 Å². The summed E-state index contributed by atoms with van der Waals surface area (Å²) in [7, 11) is 0. The molecule has 0 atom stereocenters. The number of hydrogen-bond donors (Lipinski definition) is 3. The topological polar surface area (TPSA) is 89.9 Å². The van der Waals surface area contributed by atoms with Gasteiger partial charge in [0.1, 0.15) is 0 Å². The van der Waals surface area contributed by atoms with E-state index in [1.165, 1.54) is 11.0 Å². The van der Waals surface area contributed by atoms with Gasteiger partial charge in [0.05, 0.1) is 0 Å². The maximum absolute atomic E-state index is 11.5.